The Labute approximate surface area is 159 Å². The second-order valence-electron chi connectivity index (χ2n) is 7.31. The molecular formula is C21H25N3O3. The lowest BCUT2D eigenvalue weighted by atomic mass is 9.86. The summed E-state index contributed by atoms with van der Waals surface area (Å²) < 4.78 is 5.50. The van der Waals surface area contributed by atoms with Crippen LogP contribution in [0.5, 0.6) is 0 Å². The highest BCUT2D eigenvalue weighted by Gasteiger charge is 2.28. The van der Waals surface area contributed by atoms with Crippen molar-refractivity contribution >= 4 is 17.5 Å². The van der Waals surface area contributed by atoms with Crippen molar-refractivity contribution in [1.82, 2.24) is 9.97 Å². The molecule has 1 aromatic heterocycles. The summed E-state index contributed by atoms with van der Waals surface area (Å²) in [6.07, 6.45) is 6.74. The third kappa shape index (κ3) is 3.81. The van der Waals surface area contributed by atoms with Crippen molar-refractivity contribution in [2.24, 2.45) is 0 Å². The molecule has 0 atom stereocenters. The van der Waals surface area contributed by atoms with Crippen LogP contribution in [0.15, 0.2) is 24.4 Å². The second-order valence-corrected chi connectivity index (χ2v) is 7.31. The van der Waals surface area contributed by atoms with Gasteiger partial charge in [0.25, 0.3) is 0 Å². The summed E-state index contributed by atoms with van der Waals surface area (Å²) in [6.45, 7) is 3.72. The van der Waals surface area contributed by atoms with E-state index in [2.05, 4.69) is 28.3 Å². The number of carboxylic acids is 1. The fourth-order valence-corrected chi connectivity index (χ4v) is 3.85. The predicted octanol–water partition coefficient (Wildman–Crippen LogP) is 4.25. The van der Waals surface area contributed by atoms with Crippen molar-refractivity contribution in [3.05, 3.63) is 46.9 Å². The van der Waals surface area contributed by atoms with Crippen LogP contribution in [0, 0.1) is 0 Å². The van der Waals surface area contributed by atoms with Crippen molar-refractivity contribution in [3.8, 4) is 0 Å². The van der Waals surface area contributed by atoms with E-state index in [1.807, 2.05) is 12.1 Å². The van der Waals surface area contributed by atoms with E-state index in [1.165, 1.54) is 11.1 Å². The maximum atomic E-state index is 11.7. The first-order chi connectivity index (χ1) is 13.2. The van der Waals surface area contributed by atoms with E-state index in [0.29, 0.717) is 17.7 Å². The van der Waals surface area contributed by atoms with Gasteiger partial charge < -0.3 is 15.2 Å². The van der Waals surface area contributed by atoms with Crippen LogP contribution >= 0.6 is 0 Å². The Hall–Kier alpha value is -2.47. The van der Waals surface area contributed by atoms with Gasteiger partial charge in [-0.15, -0.1) is 0 Å². The minimum atomic E-state index is -1.05. The van der Waals surface area contributed by atoms with Gasteiger partial charge in [-0.3, -0.25) is 0 Å². The molecular weight excluding hydrogens is 342 g/mol. The molecule has 0 bridgehead atoms. The Balaban J connectivity index is 1.67. The van der Waals surface area contributed by atoms with E-state index in [4.69, 9.17) is 4.74 Å². The summed E-state index contributed by atoms with van der Waals surface area (Å²) in [6, 6.07) is 6.20. The molecule has 2 aromatic rings. The first-order valence-electron chi connectivity index (χ1n) is 9.74. The Morgan fingerprint density at radius 1 is 1.22 bits per heavy atom. The molecule has 142 valence electrons. The van der Waals surface area contributed by atoms with E-state index in [0.717, 1.165) is 56.7 Å². The molecule has 2 heterocycles. The van der Waals surface area contributed by atoms with E-state index in [9.17, 15) is 9.90 Å². The summed E-state index contributed by atoms with van der Waals surface area (Å²) in [5.41, 5.74) is 4.24. The highest BCUT2D eigenvalue weighted by Crippen LogP contribution is 2.39. The first-order valence-corrected chi connectivity index (χ1v) is 9.74. The molecule has 6 heteroatoms. The van der Waals surface area contributed by atoms with Crippen molar-refractivity contribution in [2.75, 3.05) is 18.5 Å². The molecule has 1 aliphatic carbocycles. The maximum Gasteiger partial charge on any atom is 0.358 e. The van der Waals surface area contributed by atoms with Crippen molar-refractivity contribution in [1.29, 1.82) is 0 Å². The average molecular weight is 367 g/mol. The van der Waals surface area contributed by atoms with Gasteiger partial charge in [-0.1, -0.05) is 19.1 Å². The van der Waals surface area contributed by atoms with Crippen molar-refractivity contribution < 1.29 is 14.6 Å². The lowest BCUT2D eigenvalue weighted by Gasteiger charge is -2.26. The number of benzene rings is 1. The number of carbonyl (C=O) groups is 1. The van der Waals surface area contributed by atoms with Gasteiger partial charge in [0.05, 0.1) is 11.9 Å². The monoisotopic (exact) mass is 367 g/mol. The van der Waals surface area contributed by atoms with Gasteiger partial charge >= 0.3 is 5.97 Å². The van der Waals surface area contributed by atoms with Gasteiger partial charge in [0.1, 0.15) is 0 Å². The number of hydrogen-bond acceptors (Lipinski definition) is 5. The van der Waals surface area contributed by atoms with E-state index >= 15 is 0 Å². The van der Waals surface area contributed by atoms with Gasteiger partial charge in [0.2, 0.25) is 0 Å². The number of anilines is 2. The molecule has 2 aliphatic rings. The number of ether oxygens (including phenoxy) is 1. The van der Waals surface area contributed by atoms with Gasteiger partial charge in [-0.2, -0.15) is 0 Å². The zero-order chi connectivity index (χ0) is 18.8. The molecule has 1 aliphatic heterocycles. The molecule has 6 nitrogen and oxygen atoms in total. The minimum Gasteiger partial charge on any atom is -0.476 e. The van der Waals surface area contributed by atoms with Crippen LogP contribution in [-0.2, 0) is 11.2 Å². The molecule has 1 saturated heterocycles. The van der Waals surface area contributed by atoms with Crippen LogP contribution in [0.25, 0.3) is 0 Å². The third-order valence-electron chi connectivity index (χ3n) is 5.47. The lowest BCUT2D eigenvalue weighted by Crippen LogP contribution is -2.16. The number of hydrogen-bond donors (Lipinski definition) is 2. The third-order valence-corrected chi connectivity index (χ3v) is 5.47. The van der Waals surface area contributed by atoms with Gasteiger partial charge in [-0.25, -0.2) is 14.8 Å². The Bertz CT molecular complexity index is 843. The number of aromatic nitrogens is 2. The molecule has 0 unspecified atom stereocenters. The zero-order valence-electron chi connectivity index (χ0n) is 15.6. The molecule has 0 spiro atoms. The molecule has 1 aromatic carbocycles. The fourth-order valence-electron chi connectivity index (χ4n) is 3.85. The maximum absolute atomic E-state index is 11.7. The summed E-state index contributed by atoms with van der Waals surface area (Å²) in [4.78, 5) is 20.5. The van der Waals surface area contributed by atoms with Crippen molar-refractivity contribution in [2.45, 2.75) is 50.9 Å². The van der Waals surface area contributed by atoms with E-state index in [1.54, 1.807) is 6.20 Å². The summed E-state index contributed by atoms with van der Waals surface area (Å²) in [7, 11) is 0. The second kappa shape index (κ2) is 7.64. The Morgan fingerprint density at radius 2 is 2.00 bits per heavy atom. The van der Waals surface area contributed by atoms with Crippen LogP contribution in [0.3, 0.4) is 0 Å². The molecule has 0 amide bonds. The normalized spacial score (nSPS) is 17.7. The molecule has 2 fully saturated rings. The largest absolute Gasteiger partial charge is 0.476 e. The quantitative estimate of drug-likeness (QED) is 0.794. The summed E-state index contributed by atoms with van der Waals surface area (Å²) >= 11 is 0. The summed E-state index contributed by atoms with van der Waals surface area (Å²) in [5, 5.41) is 12.9. The van der Waals surface area contributed by atoms with Crippen LogP contribution < -0.4 is 5.32 Å². The minimum absolute atomic E-state index is 0.00192. The number of rotatable bonds is 6. The summed E-state index contributed by atoms with van der Waals surface area (Å²) in [5.74, 6) is 0.113. The van der Waals surface area contributed by atoms with E-state index in [-0.39, 0.29) is 5.69 Å². The molecule has 1 saturated carbocycles. The van der Waals surface area contributed by atoms with Crippen molar-refractivity contribution in [3.63, 3.8) is 0 Å². The lowest BCUT2D eigenvalue weighted by molar-refractivity contribution is 0.0691. The number of nitrogens with one attached hydrogen (secondary N) is 1. The SMILES string of the molecule is CCc1c(Nc2ncc(C3CC3)nc2C(=O)O)cccc1C1CCOCC1. The van der Waals surface area contributed by atoms with E-state index < -0.39 is 5.97 Å². The highest BCUT2D eigenvalue weighted by molar-refractivity contribution is 5.92. The molecule has 27 heavy (non-hydrogen) atoms. The Morgan fingerprint density at radius 3 is 2.67 bits per heavy atom. The van der Waals surface area contributed by atoms with Crippen LogP contribution in [0.1, 0.15) is 71.8 Å². The molecule has 0 radical (unpaired) electrons. The highest BCUT2D eigenvalue weighted by atomic mass is 16.5. The number of carboxylic acid groups (broad SMARTS) is 1. The average Bonchev–Trinajstić information content (AvgIpc) is 3.54. The van der Waals surface area contributed by atoms with Crippen LogP contribution in [-0.4, -0.2) is 34.3 Å². The fraction of sp³-hybridized carbons (Fsp3) is 0.476. The molecule has 4 rings (SSSR count). The van der Waals surface area contributed by atoms with Crippen LogP contribution in [0.4, 0.5) is 11.5 Å². The number of aromatic carboxylic acids is 1. The smallest absolute Gasteiger partial charge is 0.358 e. The predicted molar refractivity (Wildman–Crippen MR) is 103 cm³/mol. The van der Waals surface area contributed by atoms with Gasteiger partial charge in [0.15, 0.2) is 11.5 Å². The van der Waals surface area contributed by atoms with Gasteiger partial charge in [0, 0.05) is 24.8 Å². The van der Waals surface area contributed by atoms with Crippen LogP contribution in [0.2, 0.25) is 0 Å². The zero-order valence-corrected chi connectivity index (χ0v) is 15.6. The number of nitrogens with zero attached hydrogens (tertiary/aromatic N) is 2. The Kier molecular flexibility index (Phi) is 5.07. The standard InChI is InChI=1S/C21H25N3O3/c1-2-15-16(13-8-10-27-11-9-13)4-3-5-17(15)24-20-19(21(25)26)23-18(12-22-20)14-6-7-14/h3-5,12-14H,2,6-11H2,1H3,(H,22,24)(H,25,26). The molecule has 2 N–H and O–H groups in total. The topological polar surface area (TPSA) is 84.3 Å². The first kappa shape index (κ1) is 17.9. The van der Waals surface area contributed by atoms with Gasteiger partial charge in [-0.05, 0) is 55.2 Å².